The molecule has 2 N–H and O–H groups in total. The largest absolute Gasteiger partial charge is 0.329 e. The van der Waals surface area contributed by atoms with Crippen LogP contribution in [0.4, 0.5) is 0 Å². The van der Waals surface area contributed by atoms with Crippen molar-refractivity contribution in [1.82, 2.24) is 24.6 Å². The van der Waals surface area contributed by atoms with Crippen molar-refractivity contribution in [2.75, 3.05) is 33.2 Å². The van der Waals surface area contributed by atoms with E-state index in [9.17, 15) is 0 Å². The van der Waals surface area contributed by atoms with Crippen molar-refractivity contribution in [3.8, 4) is 0 Å². The van der Waals surface area contributed by atoms with Gasteiger partial charge in [-0.15, -0.1) is 0 Å². The van der Waals surface area contributed by atoms with E-state index in [2.05, 4.69) is 33.9 Å². The maximum Gasteiger partial charge on any atom is 0.141 e. The number of nitrogens with two attached hydrogens (primary N) is 1. The maximum absolute atomic E-state index is 5.87. The number of piperazine rings is 1. The Bertz CT molecular complexity index is 363. The van der Waals surface area contributed by atoms with E-state index in [1.807, 2.05) is 4.68 Å². The molecule has 0 saturated carbocycles. The lowest BCUT2D eigenvalue weighted by Gasteiger charge is -2.39. The second-order valence-electron chi connectivity index (χ2n) is 5.02. The van der Waals surface area contributed by atoms with Crippen LogP contribution in [-0.2, 0) is 13.1 Å². The Morgan fingerprint density at radius 2 is 2.28 bits per heavy atom. The summed E-state index contributed by atoms with van der Waals surface area (Å²) in [6, 6.07) is 0.426. The summed E-state index contributed by atoms with van der Waals surface area (Å²) in [6.07, 6.45) is 2.73. The summed E-state index contributed by atoms with van der Waals surface area (Å²) in [4.78, 5) is 9.14. The number of hydrogen-bond donors (Lipinski definition) is 1. The van der Waals surface area contributed by atoms with Crippen LogP contribution in [0.2, 0.25) is 0 Å². The summed E-state index contributed by atoms with van der Waals surface area (Å²) in [6.45, 7) is 7.84. The van der Waals surface area contributed by atoms with Gasteiger partial charge >= 0.3 is 0 Å². The molecule has 1 aliphatic rings. The molecule has 18 heavy (non-hydrogen) atoms. The van der Waals surface area contributed by atoms with Crippen molar-refractivity contribution < 1.29 is 0 Å². The van der Waals surface area contributed by atoms with Crippen molar-refractivity contribution in [3.05, 3.63) is 12.2 Å². The molecule has 1 atom stereocenters. The van der Waals surface area contributed by atoms with Gasteiger partial charge in [-0.05, 0) is 13.5 Å². The lowest BCUT2D eigenvalue weighted by molar-refractivity contribution is 0.0844. The minimum Gasteiger partial charge on any atom is -0.329 e. The Morgan fingerprint density at radius 1 is 1.44 bits per heavy atom. The molecule has 0 aliphatic carbocycles. The van der Waals surface area contributed by atoms with E-state index < -0.39 is 0 Å². The fourth-order valence-electron chi connectivity index (χ4n) is 2.47. The SMILES string of the molecule is CCCn1ncnc1CN1CCN(C)CC1CN. The van der Waals surface area contributed by atoms with Crippen LogP contribution in [0.1, 0.15) is 19.2 Å². The molecule has 1 fully saturated rings. The Kier molecular flexibility index (Phi) is 4.68. The molecule has 1 saturated heterocycles. The van der Waals surface area contributed by atoms with Crippen molar-refractivity contribution >= 4 is 0 Å². The summed E-state index contributed by atoms with van der Waals surface area (Å²) in [5, 5.41) is 4.27. The van der Waals surface area contributed by atoms with E-state index in [-0.39, 0.29) is 0 Å². The summed E-state index contributed by atoms with van der Waals surface area (Å²) in [5.41, 5.74) is 5.87. The highest BCUT2D eigenvalue weighted by Gasteiger charge is 2.25. The first-order chi connectivity index (χ1) is 8.74. The minimum atomic E-state index is 0.426. The van der Waals surface area contributed by atoms with Crippen LogP contribution in [0.25, 0.3) is 0 Å². The second-order valence-corrected chi connectivity index (χ2v) is 5.02. The topological polar surface area (TPSA) is 63.2 Å². The Balaban J connectivity index is 2.00. The molecule has 0 aromatic carbocycles. The van der Waals surface area contributed by atoms with Gasteiger partial charge in [0.2, 0.25) is 0 Å². The van der Waals surface area contributed by atoms with Crippen LogP contribution in [0, 0.1) is 0 Å². The molecule has 1 aromatic heterocycles. The lowest BCUT2D eigenvalue weighted by atomic mass is 10.1. The van der Waals surface area contributed by atoms with Crippen molar-refractivity contribution in [2.24, 2.45) is 5.73 Å². The quantitative estimate of drug-likeness (QED) is 0.784. The number of hydrogen-bond acceptors (Lipinski definition) is 5. The molecular weight excluding hydrogens is 228 g/mol. The first-order valence-corrected chi connectivity index (χ1v) is 6.74. The smallest absolute Gasteiger partial charge is 0.141 e. The van der Waals surface area contributed by atoms with Gasteiger partial charge in [-0.3, -0.25) is 4.90 Å². The lowest BCUT2D eigenvalue weighted by Crippen LogP contribution is -2.54. The molecule has 6 nitrogen and oxygen atoms in total. The molecule has 1 aromatic rings. The highest BCUT2D eigenvalue weighted by molar-refractivity contribution is 4.89. The molecule has 1 unspecified atom stereocenters. The van der Waals surface area contributed by atoms with E-state index in [0.29, 0.717) is 12.6 Å². The number of aryl methyl sites for hydroxylation is 1. The molecule has 1 aliphatic heterocycles. The zero-order chi connectivity index (χ0) is 13.0. The summed E-state index contributed by atoms with van der Waals surface area (Å²) in [5.74, 6) is 1.06. The van der Waals surface area contributed by atoms with E-state index in [0.717, 1.165) is 45.0 Å². The van der Waals surface area contributed by atoms with Gasteiger partial charge in [0, 0.05) is 38.8 Å². The van der Waals surface area contributed by atoms with Crippen molar-refractivity contribution in [2.45, 2.75) is 32.5 Å². The second kappa shape index (κ2) is 6.26. The molecule has 2 heterocycles. The predicted molar refractivity (Wildman–Crippen MR) is 71.1 cm³/mol. The van der Waals surface area contributed by atoms with Crippen LogP contribution < -0.4 is 5.73 Å². The van der Waals surface area contributed by atoms with Crippen molar-refractivity contribution in [3.63, 3.8) is 0 Å². The van der Waals surface area contributed by atoms with Gasteiger partial charge in [-0.1, -0.05) is 6.92 Å². The van der Waals surface area contributed by atoms with E-state index in [4.69, 9.17) is 5.73 Å². The number of aromatic nitrogens is 3. The fourth-order valence-corrected chi connectivity index (χ4v) is 2.47. The zero-order valence-corrected chi connectivity index (χ0v) is 11.4. The third-order valence-electron chi connectivity index (χ3n) is 3.56. The molecule has 102 valence electrons. The molecule has 0 bridgehead atoms. The molecular formula is C12H24N6. The average molecular weight is 252 g/mol. The first kappa shape index (κ1) is 13.5. The van der Waals surface area contributed by atoms with E-state index >= 15 is 0 Å². The van der Waals surface area contributed by atoms with Crippen LogP contribution >= 0.6 is 0 Å². The van der Waals surface area contributed by atoms with Crippen molar-refractivity contribution in [1.29, 1.82) is 0 Å². The van der Waals surface area contributed by atoms with Crippen LogP contribution in [0.15, 0.2) is 6.33 Å². The summed E-state index contributed by atoms with van der Waals surface area (Å²) in [7, 11) is 2.15. The van der Waals surface area contributed by atoms with Crippen LogP contribution in [-0.4, -0.2) is 63.8 Å². The maximum atomic E-state index is 5.87. The Hall–Kier alpha value is -0.980. The molecule has 0 radical (unpaired) electrons. The van der Waals surface area contributed by atoms with Gasteiger partial charge in [0.25, 0.3) is 0 Å². The summed E-state index contributed by atoms with van der Waals surface area (Å²) < 4.78 is 2.01. The molecule has 6 heteroatoms. The van der Waals surface area contributed by atoms with Gasteiger partial charge in [0.15, 0.2) is 0 Å². The normalized spacial score (nSPS) is 22.5. The molecule has 2 rings (SSSR count). The third-order valence-corrected chi connectivity index (χ3v) is 3.56. The van der Waals surface area contributed by atoms with Gasteiger partial charge in [-0.25, -0.2) is 9.67 Å². The van der Waals surface area contributed by atoms with Gasteiger partial charge in [0.05, 0.1) is 6.54 Å². The highest BCUT2D eigenvalue weighted by atomic mass is 15.4. The summed E-state index contributed by atoms with van der Waals surface area (Å²) >= 11 is 0. The molecule has 0 amide bonds. The highest BCUT2D eigenvalue weighted by Crippen LogP contribution is 2.11. The Labute approximate surface area is 109 Å². The zero-order valence-electron chi connectivity index (χ0n) is 11.4. The monoisotopic (exact) mass is 252 g/mol. The minimum absolute atomic E-state index is 0.426. The fraction of sp³-hybridized carbons (Fsp3) is 0.833. The van der Waals surface area contributed by atoms with E-state index in [1.54, 1.807) is 6.33 Å². The van der Waals surface area contributed by atoms with Crippen LogP contribution in [0.3, 0.4) is 0 Å². The van der Waals surface area contributed by atoms with Gasteiger partial charge in [0.1, 0.15) is 12.2 Å². The number of rotatable bonds is 5. The molecule has 0 spiro atoms. The van der Waals surface area contributed by atoms with Gasteiger partial charge < -0.3 is 10.6 Å². The number of likely N-dealkylation sites (N-methyl/N-ethyl adjacent to an activating group) is 1. The first-order valence-electron chi connectivity index (χ1n) is 6.74. The Morgan fingerprint density at radius 3 is 3.00 bits per heavy atom. The van der Waals surface area contributed by atoms with E-state index in [1.165, 1.54) is 0 Å². The third kappa shape index (κ3) is 3.07. The van der Waals surface area contributed by atoms with Gasteiger partial charge in [-0.2, -0.15) is 5.10 Å². The number of nitrogens with zero attached hydrogens (tertiary/aromatic N) is 5. The predicted octanol–water partition coefficient (Wildman–Crippen LogP) is -0.237. The van der Waals surface area contributed by atoms with Crippen LogP contribution in [0.5, 0.6) is 0 Å². The average Bonchev–Trinajstić information content (AvgIpc) is 2.79. The standard InChI is InChI=1S/C12H24N6/c1-3-4-18-12(14-10-15-18)9-17-6-5-16(2)8-11(17)7-13/h10-11H,3-9,13H2,1-2H3.